The van der Waals surface area contributed by atoms with Gasteiger partial charge in [-0.2, -0.15) is 0 Å². The number of carbonyl (C=O) groups is 2. The van der Waals surface area contributed by atoms with Gasteiger partial charge in [-0.25, -0.2) is 9.59 Å². The zero-order valence-electron chi connectivity index (χ0n) is 9.94. The molecule has 2 N–H and O–H groups in total. The predicted octanol–water partition coefficient (Wildman–Crippen LogP) is 0.448. The summed E-state index contributed by atoms with van der Waals surface area (Å²) in [5.41, 5.74) is -1.05. The van der Waals surface area contributed by atoms with Crippen molar-refractivity contribution >= 4 is 12.0 Å². The molecule has 17 heavy (non-hydrogen) atoms. The largest absolute Gasteiger partial charge is 0.480 e. The summed E-state index contributed by atoms with van der Waals surface area (Å²) < 4.78 is 4.89. The van der Waals surface area contributed by atoms with Gasteiger partial charge in [-0.05, 0) is 12.8 Å². The summed E-state index contributed by atoms with van der Waals surface area (Å²) in [7, 11) is 1.55. The van der Waals surface area contributed by atoms with Crippen molar-refractivity contribution in [2.75, 3.05) is 26.8 Å². The molecule has 0 heterocycles. The Balaban J connectivity index is 2.53. The minimum atomic E-state index is -1.05. The number of hydrogen-bond acceptors (Lipinski definition) is 3. The van der Waals surface area contributed by atoms with Crippen molar-refractivity contribution in [2.45, 2.75) is 18.4 Å². The summed E-state index contributed by atoms with van der Waals surface area (Å²) in [4.78, 5) is 24.3. The Hall–Kier alpha value is -1.56. The number of hydrogen-bond donors (Lipinski definition) is 2. The third-order valence-corrected chi connectivity index (χ3v) is 2.71. The first kappa shape index (κ1) is 13.5. The SMILES string of the molecule is C=CCN(CCOC)C(=O)NC1(C(=O)O)CC1. The van der Waals surface area contributed by atoms with Gasteiger partial charge in [-0.15, -0.1) is 6.58 Å². The van der Waals surface area contributed by atoms with Gasteiger partial charge in [-0.3, -0.25) is 0 Å². The van der Waals surface area contributed by atoms with Crippen LogP contribution >= 0.6 is 0 Å². The lowest BCUT2D eigenvalue weighted by Crippen LogP contribution is -2.50. The van der Waals surface area contributed by atoms with Gasteiger partial charge in [0.2, 0.25) is 0 Å². The van der Waals surface area contributed by atoms with Crippen molar-refractivity contribution < 1.29 is 19.4 Å². The van der Waals surface area contributed by atoms with Crippen LogP contribution in [0.15, 0.2) is 12.7 Å². The van der Waals surface area contributed by atoms with Gasteiger partial charge < -0.3 is 20.1 Å². The molecule has 0 aromatic heterocycles. The highest BCUT2D eigenvalue weighted by molar-refractivity contribution is 5.89. The number of rotatable bonds is 7. The molecule has 1 fully saturated rings. The van der Waals surface area contributed by atoms with E-state index in [1.54, 1.807) is 13.2 Å². The molecule has 1 rings (SSSR count). The molecule has 1 aliphatic carbocycles. The minimum absolute atomic E-state index is 0.366. The number of nitrogens with one attached hydrogen (secondary N) is 1. The van der Waals surface area contributed by atoms with Crippen molar-refractivity contribution in [1.82, 2.24) is 10.2 Å². The lowest BCUT2D eigenvalue weighted by atomic mass is 10.3. The first-order chi connectivity index (χ1) is 8.05. The third-order valence-electron chi connectivity index (χ3n) is 2.71. The van der Waals surface area contributed by atoms with Crippen molar-refractivity contribution in [2.24, 2.45) is 0 Å². The molecule has 0 aromatic carbocycles. The monoisotopic (exact) mass is 242 g/mol. The van der Waals surface area contributed by atoms with Gasteiger partial charge in [0, 0.05) is 20.2 Å². The average molecular weight is 242 g/mol. The van der Waals surface area contributed by atoms with Crippen LogP contribution < -0.4 is 5.32 Å². The summed E-state index contributed by atoms with van der Waals surface area (Å²) in [6, 6.07) is -0.387. The van der Waals surface area contributed by atoms with Gasteiger partial charge in [0.25, 0.3) is 0 Å². The second-order valence-corrected chi connectivity index (χ2v) is 4.04. The standard InChI is InChI=1S/C11H18N2O4/c1-3-6-13(7-8-17-2)10(16)12-11(4-5-11)9(14)15/h3H,1,4-8H2,2H3,(H,12,16)(H,14,15). The number of nitrogens with zero attached hydrogens (tertiary/aromatic N) is 1. The fourth-order valence-electron chi connectivity index (χ4n) is 1.43. The van der Waals surface area contributed by atoms with Crippen molar-refractivity contribution in [3.63, 3.8) is 0 Å². The van der Waals surface area contributed by atoms with Gasteiger partial charge in [0.05, 0.1) is 6.61 Å². The number of carboxylic acid groups (broad SMARTS) is 1. The van der Waals surface area contributed by atoms with Crippen molar-refractivity contribution in [1.29, 1.82) is 0 Å². The zero-order valence-corrected chi connectivity index (χ0v) is 9.94. The quantitative estimate of drug-likeness (QED) is 0.635. The van der Waals surface area contributed by atoms with Gasteiger partial charge in [-0.1, -0.05) is 6.08 Å². The van der Waals surface area contributed by atoms with Crippen molar-refractivity contribution in [3.05, 3.63) is 12.7 Å². The molecule has 6 heteroatoms. The van der Waals surface area contributed by atoms with E-state index in [9.17, 15) is 9.59 Å². The molecule has 0 unspecified atom stereocenters. The molecule has 0 bridgehead atoms. The van der Waals surface area contributed by atoms with E-state index in [0.29, 0.717) is 32.5 Å². The van der Waals surface area contributed by atoms with Gasteiger partial charge in [0.1, 0.15) is 5.54 Å². The Morgan fingerprint density at radius 1 is 1.59 bits per heavy atom. The van der Waals surface area contributed by atoms with Crippen LogP contribution in [-0.2, 0) is 9.53 Å². The van der Waals surface area contributed by atoms with E-state index >= 15 is 0 Å². The van der Waals surface area contributed by atoms with E-state index in [0.717, 1.165) is 0 Å². The molecule has 1 aliphatic rings. The summed E-state index contributed by atoms with van der Waals surface area (Å²) in [5, 5.41) is 11.5. The zero-order chi connectivity index (χ0) is 12.9. The molecule has 0 saturated heterocycles. The number of carbonyl (C=O) groups excluding carboxylic acids is 1. The molecule has 6 nitrogen and oxygen atoms in total. The summed E-state index contributed by atoms with van der Waals surface area (Å²) in [5.74, 6) is -0.976. The van der Waals surface area contributed by atoms with Crippen molar-refractivity contribution in [3.8, 4) is 0 Å². The molecule has 0 spiro atoms. The highest BCUT2D eigenvalue weighted by Gasteiger charge is 2.52. The Labute approximate surface area is 100 Å². The number of aliphatic carboxylic acids is 1. The third kappa shape index (κ3) is 3.45. The summed E-state index contributed by atoms with van der Waals surface area (Å²) in [6.07, 6.45) is 2.57. The average Bonchev–Trinajstić information content (AvgIpc) is 3.05. The molecule has 2 amide bonds. The fraction of sp³-hybridized carbons (Fsp3) is 0.636. The van der Waals surface area contributed by atoms with E-state index < -0.39 is 11.5 Å². The normalized spacial score (nSPS) is 16.1. The molecule has 0 aromatic rings. The highest BCUT2D eigenvalue weighted by Crippen LogP contribution is 2.35. The Bertz CT molecular complexity index is 313. The van der Waals surface area contributed by atoms with Gasteiger partial charge >= 0.3 is 12.0 Å². The maximum absolute atomic E-state index is 11.8. The van der Waals surface area contributed by atoms with Gasteiger partial charge in [0.15, 0.2) is 0 Å². The second-order valence-electron chi connectivity index (χ2n) is 4.04. The van der Waals surface area contributed by atoms with Crippen LogP contribution in [0.4, 0.5) is 4.79 Å². The first-order valence-corrected chi connectivity index (χ1v) is 5.46. The number of carboxylic acids is 1. The molecule has 0 aliphatic heterocycles. The molecule has 0 atom stereocenters. The summed E-state index contributed by atoms with van der Waals surface area (Å²) >= 11 is 0. The Morgan fingerprint density at radius 3 is 2.65 bits per heavy atom. The Kier molecular flexibility index (Phi) is 4.51. The minimum Gasteiger partial charge on any atom is -0.480 e. The van der Waals surface area contributed by atoms with Crippen LogP contribution in [0.25, 0.3) is 0 Å². The topological polar surface area (TPSA) is 78.9 Å². The van der Waals surface area contributed by atoms with Crippen LogP contribution in [-0.4, -0.2) is 54.4 Å². The smallest absolute Gasteiger partial charge is 0.329 e. The lowest BCUT2D eigenvalue weighted by molar-refractivity contribution is -0.140. The van der Waals surface area contributed by atoms with E-state index in [2.05, 4.69) is 11.9 Å². The van der Waals surface area contributed by atoms with E-state index in [-0.39, 0.29) is 6.03 Å². The van der Waals surface area contributed by atoms with Crippen LogP contribution in [0.5, 0.6) is 0 Å². The van der Waals surface area contributed by atoms with Crippen LogP contribution in [0.1, 0.15) is 12.8 Å². The Morgan fingerprint density at radius 2 is 2.24 bits per heavy atom. The second kappa shape index (κ2) is 5.67. The fourth-order valence-corrected chi connectivity index (χ4v) is 1.43. The van der Waals surface area contributed by atoms with Crippen LogP contribution in [0, 0.1) is 0 Å². The van der Waals surface area contributed by atoms with Crippen LogP contribution in [0.2, 0.25) is 0 Å². The van der Waals surface area contributed by atoms with Crippen LogP contribution in [0.3, 0.4) is 0 Å². The maximum atomic E-state index is 11.8. The van der Waals surface area contributed by atoms with E-state index in [1.807, 2.05) is 0 Å². The first-order valence-electron chi connectivity index (χ1n) is 5.46. The molecule has 1 saturated carbocycles. The highest BCUT2D eigenvalue weighted by atomic mass is 16.5. The van der Waals surface area contributed by atoms with E-state index in [1.165, 1.54) is 4.90 Å². The maximum Gasteiger partial charge on any atom is 0.329 e. The number of methoxy groups -OCH3 is 1. The van der Waals surface area contributed by atoms with E-state index in [4.69, 9.17) is 9.84 Å². The number of urea groups is 1. The number of ether oxygens (including phenoxy) is 1. The lowest BCUT2D eigenvalue weighted by Gasteiger charge is -2.23. The molecule has 0 radical (unpaired) electrons. The summed E-state index contributed by atoms with van der Waals surface area (Å²) in [6.45, 7) is 4.74. The molecule has 96 valence electrons. The predicted molar refractivity (Wildman–Crippen MR) is 61.8 cm³/mol. The number of amides is 2. The molecular weight excluding hydrogens is 224 g/mol. The molecular formula is C11H18N2O4.